The number of anilines is 1. The lowest BCUT2D eigenvalue weighted by Crippen LogP contribution is -2.24. The van der Waals surface area contributed by atoms with Gasteiger partial charge in [-0.15, -0.1) is 11.3 Å². The molecule has 0 aliphatic carbocycles. The lowest BCUT2D eigenvalue weighted by atomic mass is 10.1. The Morgan fingerprint density at radius 1 is 1.13 bits per heavy atom. The molecule has 0 radical (unpaired) electrons. The van der Waals surface area contributed by atoms with E-state index in [1.54, 1.807) is 15.9 Å². The van der Waals surface area contributed by atoms with Gasteiger partial charge in [0.2, 0.25) is 5.91 Å². The molecule has 154 valence electrons. The van der Waals surface area contributed by atoms with Crippen molar-refractivity contribution in [3.8, 4) is 22.1 Å². The molecule has 3 N–H and O–H groups in total. The van der Waals surface area contributed by atoms with Crippen LogP contribution >= 0.6 is 23.6 Å². The molecule has 9 heteroatoms. The normalized spacial score (nSPS) is 12.2. The third kappa shape index (κ3) is 3.58. The summed E-state index contributed by atoms with van der Waals surface area (Å²) >= 11 is 6.95. The molecule has 3 aromatic heterocycles. The molecule has 2 aromatic carbocycles. The van der Waals surface area contributed by atoms with Crippen LogP contribution in [0.25, 0.3) is 33.1 Å². The van der Waals surface area contributed by atoms with Crippen molar-refractivity contribution in [1.82, 2.24) is 24.7 Å². The van der Waals surface area contributed by atoms with Crippen molar-refractivity contribution in [2.45, 2.75) is 13.0 Å². The van der Waals surface area contributed by atoms with Crippen LogP contribution in [0.1, 0.15) is 13.0 Å². The Kier molecular flexibility index (Phi) is 4.97. The van der Waals surface area contributed by atoms with Crippen molar-refractivity contribution in [2.75, 3.05) is 5.32 Å². The summed E-state index contributed by atoms with van der Waals surface area (Å²) in [6.45, 7) is 1.81. The summed E-state index contributed by atoms with van der Waals surface area (Å²) in [7, 11) is 0. The second-order valence-electron chi connectivity index (χ2n) is 7.01. The quantitative estimate of drug-likeness (QED) is 0.315. The van der Waals surface area contributed by atoms with E-state index in [1.807, 2.05) is 73.0 Å². The van der Waals surface area contributed by atoms with Gasteiger partial charge in [0.25, 0.3) is 0 Å². The predicted octanol–water partition coefficient (Wildman–Crippen LogP) is 5.41. The van der Waals surface area contributed by atoms with Gasteiger partial charge < -0.3 is 10.3 Å². The molecule has 1 unspecified atom stereocenters. The molecule has 0 fully saturated rings. The Morgan fingerprint density at radius 3 is 2.74 bits per heavy atom. The number of amides is 1. The molecule has 5 aromatic rings. The number of aromatic amines is 2. The van der Waals surface area contributed by atoms with E-state index in [2.05, 4.69) is 25.5 Å². The number of carbonyl (C=O) groups excluding carboxylic acids is 1. The fourth-order valence-corrected chi connectivity index (χ4v) is 4.48. The average molecular weight is 447 g/mol. The topological polar surface area (TPSA) is 91.4 Å². The lowest BCUT2D eigenvalue weighted by Gasteiger charge is -2.16. The first-order chi connectivity index (χ1) is 15.1. The van der Waals surface area contributed by atoms with Crippen molar-refractivity contribution < 1.29 is 4.79 Å². The van der Waals surface area contributed by atoms with E-state index in [-0.39, 0.29) is 5.91 Å². The first kappa shape index (κ1) is 19.4. The van der Waals surface area contributed by atoms with Crippen LogP contribution in [0.15, 0.2) is 66.0 Å². The first-order valence-electron chi connectivity index (χ1n) is 9.67. The molecule has 1 amide bonds. The van der Waals surface area contributed by atoms with E-state index >= 15 is 0 Å². The zero-order valence-corrected chi connectivity index (χ0v) is 18.1. The summed E-state index contributed by atoms with van der Waals surface area (Å²) in [6, 6.07) is 18.8. The highest BCUT2D eigenvalue weighted by Crippen LogP contribution is 2.29. The SMILES string of the molecule is CC(C(=O)Nc1ccccc1-c1nc2ccccc2[nH]1)n1c(-c2cccs2)n[nH]c1=S. The van der Waals surface area contributed by atoms with Crippen LogP contribution in [0.4, 0.5) is 5.69 Å². The van der Waals surface area contributed by atoms with Crippen LogP contribution < -0.4 is 5.32 Å². The third-order valence-electron chi connectivity index (χ3n) is 5.04. The number of thiophene rings is 1. The van der Waals surface area contributed by atoms with Gasteiger partial charge in [0.1, 0.15) is 11.9 Å². The summed E-state index contributed by atoms with van der Waals surface area (Å²) in [6.07, 6.45) is 0. The van der Waals surface area contributed by atoms with Crippen LogP contribution in [0.5, 0.6) is 0 Å². The van der Waals surface area contributed by atoms with E-state index in [4.69, 9.17) is 12.2 Å². The Labute approximate surface area is 186 Å². The minimum absolute atomic E-state index is 0.195. The molecule has 1 atom stereocenters. The Bertz CT molecular complexity index is 1400. The van der Waals surface area contributed by atoms with Gasteiger partial charge in [-0.3, -0.25) is 14.5 Å². The minimum atomic E-state index is -0.563. The highest BCUT2D eigenvalue weighted by atomic mass is 32.1. The number of aromatic nitrogens is 5. The van der Waals surface area contributed by atoms with Gasteiger partial charge in [-0.2, -0.15) is 5.10 Å². The van der Waals surface area contributed by atoms with Crippen LogP contribution in [0.3, 0.4) is 0 Å². The highest BCUT2D eigenvalue weighted by molar-refractivity contribution is 7.71. The van der Waals surface area contributed by atoms with Crippen LogP contribution in [0.2, 0.25) is 0 Å². The zero-order valence-electron chi connectivity index (χ0n) is 16.5. The molecular weight excluding hydrogens is 428 g/mol. The number of rotatable bonds is 5. The van der Waals surface area contributed by atoms with Crippen molar-refractivity contribution >= 4 is 46.2 Å². The summed E-state index contributed by atoms with van der Waals surface area (Å²) in [4.78, 5) is 22.1. The summed E-state index contributed by atoms with van der Waals surface area (Å²) < 4.78 is 2.14. The number of benzene rings is 2. The predicted molar refractivity (Wildman–Crippen MR) is 126 cm³/mol. The van der Waals surface area contributed by atoms with Crippen LogP contribution in [-0.2, 0) is 4.79 Å². The van der Waals surface area contributed by atoms with Gasteiger partial charge in [0, 0.05) is 5.56 Å². The number of nitrogens with one attached hydrogen (secondary N) is 3. The summed E-state index contributed by atoms with van der Waals surface area (Å²) in [5, 5.41) is 12.1. The van der Waals surface area contributed by atoms with E-state index in [0.717, 1.165) is 21.5 Å². The van der Waals surface area contributed by atoms with E-state index in [0.29, 0.717) is 22.1 Å². The number of H-pyrrole nitrogens is 2. The van der Waals surface area contributed by atoms with Gasteiger partial charge in [0.05, 0.1) is 21.6 Å². The highest BCUT2D eigenvalue weighted by Gasteiger charge is 2.22. The van der Waals surface area contributed by atoms with Gasteiger partial charge in [-0.1, -0.05) is 30.3 Å². The monoisotopic (exact) mass is 446 g/mol. The smallest absolute Gasteiger partial charge is 0.247 e. The standard InChI is InChI=1S/C22H18N6OS2/c1-13(28-20(26-27-22(28)30)18-11-6-12-31-18)21(29)25-15-8-3-2-7-14(15)19-23-16-9-4-5-10-17(16)24-19/h2-13H,1H3,(H,23,24)(H,25,29)(H,27,30). The first-order valence-corrected chi connectivity index (χ1v) is 11.0. The van der Waals surface area contributed by atoms with E-state index in [9.17, 15) is 4.79 Å². The van der Waals surface area contributed by atoms with Crippen molar-refractivity contribution in [2.24, 2.45) is 0 Å². The lowest BCUT2D eigenvalue weighted by molar-refractivity contribution is -0.118. The second kappa shape index (κ2) is 7.93. The number of fused-ring (bicyclic) bond motifs is 1. The van der Waals surface area contributed by atoms with Crippen LogP contribution in [-0.4, -0.2) is 30.6 Å². The maximum atomic E-state index is 13.2. The summed E-state index contributed by atoms with van der Waals surface area (Å²) in [5.74, 6) is 1.15. The molecule has 3 heterocycles. The molecule has 0 spiro atoms. The zero-order chi connectivity index (χ0) is 21.4. The van der Waals surface area contributed by atoms with Gasteiger partial charge in [-0.05, 0) is 54.9 Å². The molecule has 0 saturated carbocycles. The Balaban J connectivity index is 1.47. The molecule has 5 rings (SSSR count). The largest absolute Gasteiger partial charge is 0.338 e. The molecule has 7 nitrogen and oxygen atoms in total. The summed E-state index contributed by atoms with van der Waals surface area (Å²) in [5.41, 5.74) is 3.30. The third-order valence-corrected chi connectivity index (χ3v) is 6.20. The fourth-order valence-electron chi connectivity index (χ4n) is 3.48. The number of carbonyl (C=O) groups is 1. The van der Waals surface area contributed by atoms with Gasteiger partial charge >= 0.3 is 0 Å². The number of para-hydroxylation sites is 3. The van der Waals surface area contributed by atoms with E-state index < -0.39 is 6.04 Å². The molecule has 0 bridgehead atoms. The van der Waals surface area contributed by atoms with Gasteiger partial charge in [-0.25, -0.2) is 4.98 Å². The Morgan fingerprint density at radius 2 is 1.94 bits per heavy atom. The van der Waals surface area contributed by atoms with Crippen molar-refractivity contribution in [3.05, 3.63) is 70.8 Å². The Hall–Kier alpha value is -3.56. The number of hydrogen-bond donors (Lipinski definition) is 3. The van der Waals surface area contributed by atoms with Crippen molar-refractivity contribution in [1.29, 1.82) is 0 Å². The molecular formula is C22H18N6OS2. The number of imidazole rings is 1. The molecule has 0 saturated heterocycles. The number of hydrogen-bond acceptors (Lipinski definition) is 5. The van der Waals surface area contributed by atoms with Crippen molar-refractivity contribution in [3.63, 3.8) is 0 Å². The average Bonchev–Trinajstić information content (AvgIpc) is 3.52. The minimum Gasteiger partial charge on any atom is -0.338 e. The second-order valence-corrected chi connectivity index (χ2v) is 8.35. The number of nitrogens with zero attached hydrogens (tertiary/aromatic N) is 3. The maximum absolute atomic E-state index is 13.2. The molecule has 0 aliphatic rings. The molecule has 0 aliphatic heterocycles. The van der Waals surface area contributed by atoms with Crippen LogP contribution in [0, 0.1) is 4.77 Å². The maximum Gasteiger partial charge on any atom is 0.247 e. The van der Waals surface area contributed by atoms with E-state index in [1.165, 1.54) is 0 Å². The fraction of sp³-hybridized carbons (Fsp3) is 0.0909. The molecule has 31 heavy (non-hydrogen) atoms. The van der Waals surface area contributed by atoms with Gasteiger partial charge in [0.15, 0.2) is 10.6 Å².